The molecule has 0 saturated carbocycles. The first-order valence-electron chi connectivity index (χ1n) is 6.79. The maximum absolute atomic E-state index is 6.10. The Morgan fingerprint density at radius 3 is 2.47 bits per heavy atom. The molecule has 0 radical (unpaired) electrons. The minimum absolute atomic E-state index is 0.121. The SMILES string of the molecule is CCNc1snnc1CN1CC(C)(C)OC(C)(C)C1. The van der Waals surface area contributed by atoms with E-state index < -0.39 is 0 Å². The van der Waals surface area contributed by atoms with Gasteiger partial charge in [-0.1, -0.05) is 4.49 Å². The van der Waals surface area contributed by atoms with Crippen LogP contribution in [-0.4, -0.2) is 45.3 Å². The third kappa shape index (κ3) is 3.87. The number of hydrogen-bond acceptors (Lipinski definition) is 6. The molecule has 1 aromatic heterocycles. The maximum Gasteiger partial charge on any atom is 0.134 e. The normalized spacial score (nSPS) is 22.4. The highest BCUT2D eigenvalue weighted by Gasteiger charge is 2.38. The highest BCUT2D eigenvalue weighted by Crippen LogP contribution is 2.30. The van der Waals surface area contributed by atoms with Crippen molar-refractivity contribution in [3.63, 3.8) is 0 Å². The number of hydrogen-bond donors (Lipinski definition) is 1. The van der Waals surface area contributed by atoms with Crippen LogP contribution in [0.4, 0.5) is 5.00 Å². The van der Waals surface area contributed by atoms with Gasteiger partial charge in [-0.05, 0) is 34.6 Å². The molecule has 6 heteroatoms. The molecule has 1 fully saturated rings. The molecular formula is C13H24N4OS. The van der Waals surface area contributed by atoms with E-state index in [-0.39, 0.29) is 11.2 Å². The lowest BCUT2D eigenvalue weighted by Gasteiger charge is -2.47. The van der Waals surface area contributed by atoms with Crippen molar-refractivity contribution in [2.75, 3.05) is 25.0 Å². The van der Waals surface area contributed by atoms with Crippen molar-refractivity contribution in [2.45, 2.75) is 52.4 Å². The summed E-state index contributed by atoms with van der Waals surface area (Å²) in [5, 5.41) is 8.66. The first-order valence-corrected chi connectivity index (χ1v) is 7.56. The van der Waals surface area contributed by atoms with Gasteiger partial charge >= 0.3 is 0 Å². The fourth-order valence-electron chi connectivity index (χ4n) is 2.88. The standard InChI is InChI=1S/C13H24N4OS/c1-6-14-11-10(15-16-19-11)7-17-8-12(2,3)18-13(4,5)9-17/h14H,6-9H2,1-5H3. The van der Waals surface area contributed by atoms with Crippen molar-refractivity contribution >= 4 is 16.5 Å². The smallest absolute Gasteiger partial charge is 0.134 e. The average molecular weight is 284 g/mol. The predicted molar refractivity (Wildman–Crippen MR) is 78.6 cm³/mol. The third-order valence-corrected chi connectivity index (χ3v) is 3.75. The molecule has 1 aliphatic heterocycles. The summed E-state index contributed by atoms with van der Waals surface area (Å²) in [5.74, 6) is 0. The van der Waals surface area contributed by atoms with Crippen molar-refractivity contribution in [3.05, 3.63) is 5.69 Å². The molecule has 1 saturated heterocycles. The van der Waals surface area contributed by atoms with Gasteiger partial charge in [-0.25, -0.2) is 0 Å². The Kier molecular flexibility index (Phi) is 4.13. The first-order chi connectivity index (χ1) is 8.81. The topological polar surface area (TPSA) is 50.3 Å². The van der Waals surface area contributed by atoms with E-state index in [2.05, 4.69) is 54.4 Å². The summed E-state index contributed by atoms with van der Waals surface area (Å²) in [5.41, 5.74) is 0.799. The zero-order chi connectivity index (χ0) is 14.1. The van der Waals surface area contributed by atoms with E-state index in [0.717, 1.165) is 36.9 Å². The number of rotatable bonds is 4. The predicted octanol–water partition coefficient (Wildman–Crippen LogP) is 2.36. The van der Waals surface area contributed by atoms with Crippen molar-refractivity contribution in [3.8, 4) is 0 Å². The zero-order valence-corrected chi connectivity index (χ0v) is 13.3. The Hall–Kier alpha value is -0.720. The van der Waals surface area contributed by atoms with Crippen LogP contribution in [0.25, 0.3) is 0 Å². The van der Waals surface area contributed by atoms with Gasteiger partial charge in [0.2, 0.25) is 0 Å². The quantitative estimate of drug-likeness (QED) is 0.920. The monoisotopic (exact) mass is 284 g/mol. The number of nitrogens with one attached hydrogen (secondary N) is 1. The van der Waals surface area contributed by atoms with E-state index >= 15 is 0 Å². The maximum atomic E-state index is 6.10. The summed E-state index contributed by atoms with van der Waals surface area (Å²) in [4.78, 5) is 2.40. The average Bonchev–Trinajstić information content (AvgIpc) is 2.61. The van der Waals surface area contributed by atoms with Crippen LogP contribution in [0.2, 0.25) is 0 Å². The Balaban J connectivity index is 2.07. The summed E-state index contributed by atoms with van der Waals surface area (Å²) < 4.78 is 10.1. The number of ether oxygens (including phenoxy) is 1. The van der Waals surface area contributed by atoms with Gasteiger partial charge in [-0.3, -0.25) is 4.90 Å². The molecule has 0 bridgehead atoms. The fourth-order valence-corrected chi connectivity index (χ4v) is 3.52. The lowest BCUT2D eigenvalue weighted by molar-refractivity contribution is -0.182. The summed E-state index contributed by atoms with van der Waals surface area (Å²) in [6.07, 6.45) is 0. The molecule has 2 heterocycles. The van der Waals surface area contributed by atoms with E-state index in [0.29, 0.717) is 0 Å². The Morgan fingerprint density at radius 1 is 1.26 bits per heavy atom. The van der Waals surface area contributed by atoms with E-state index in [4.69, 9.17) is 4.74 Å². The molecular weight excluding hydrogens is 260 g/mol. The van der Waals surface area contributed by atoms with Crippen LogP contribution in [0.1, 0.15) is 40.3 Å². The molecule has 1 N–H and O–H groups in total. The van der Waals surface area contributed by atoms with Crippen molar-refractivity contribution in [1.29, 1.82) is 0 Å². The molecule has 2 rings (SSSR count). The first kappa shape index (κ1) is 14.7. The highest BCUT2D eigenvalue weighted by atomic mass is 32.1. The Morgan fingerprint density at radius 2 is 1.89 bits per heavy atom. The van der Waals surface area contributed by atoms with Crippen LogP contribution in [0.5, 0.6) is 0 Å². The van der Waals surface area contributed by atoms with Gasteiger partial charge < -0.3 is 10.1 Å². The number of morpholine rings is 1. The zero-order valence-electron chi connectivity index (χ0n) is 12.5. The largest absolute Gasteiger partial charge is 0.374 e. The Labute approximate surface area is 119 Å². The van der Waals surface area contributed by atoms with Crippen molar-refractivity contribution < 1.29 is 4.74 Å². The molecule has 1 aromatic rings. The second kappa shape index (κ2) is 5.34. The molecule has 0 unspecified atom stereocenters. The van der Waals surface area contributed by atoms with Gasteiger partial charge in [0.25, 0.3) is 0 Å². The summed E-state index contributed by atoms with van der Waals surface area (Å²) >= 11 is 1.43. The molecule has 19 heavy (non-hydrogen) atoms. The molecule has 0 atom stereocenters. The lowest BCUT2D eigenvalue weighted by Crippen LogP contribution is -2.56. The van der Waals surface area contributed by atoms with Crippen LogP contribution < -0.4 is 5.32 Å². The van der Waals surface area contributed by atoms with Crippen LogP contribution in [0.3, 0.4) is 0 Å². The van der Waals surface area contributed by atoms with E-state index in [1.165, 1.54) is 11.5 Å². The van der Waals surface area contributed by atoms with E-state index in [9.17, 15) is 0 Å². The van der Waals surface area contributed by atoms with E-state index in [1.54, 1.807) is 0 Å². The molecule has 0 spiro atoms. The summed E-state index contributed by atoms with van der Waals surface area (Å²) in [7, 11) is 0. The van der Waals surface area contributed by atoms with Gasteiger partial charge in [0.15, 0.2) is 0 Å². The van der Waals surface area contributed by atoms with Gasteiger partial charge in [0, 0.05) is 37.7 Å². The van der Waals surface area contributed by atoms with Crippen LogP contribution >= 0.6 is 11.5 Å². The van der Waals surface area contributed by atoms with Crippen LogP contribution in [0.15, 0.2) is 0 Å². The van der Waals surface area contributed by atoms with Crippen LogP contribution in [0, 0.1) is 0 Å². The van der Waals surface area contributed by atoms with Gasteiger partial charge in [-0.2, -0.15) is 0 Å². The molecule has 0 aromatic carbocycles. The van der Waals surface area contributed by atoms with Gasteiger partial charge in [0.1, 0.15) is 10.7 Å². The van der Waals surface area contributed by atoms with Crippen LogP contribution in [-0.2, 0) is 11.3 Å². The number of aromatic nitrogens is 2. The van der Waals surface area contributed by atoms with E-state index in [1.807, 2.05) is 0 Å². The lowest BCUT2D eigenvalue weighted by atomic mass is 9.99. The Bertz CT molecular complexity index is 414. The van der Waals surface area contributed by atoms with Crippen molar-refractivity contribution in [2.24, 2.45) is 0 Å². The van der Waals surface area contributed by atoms with Crippen molar-refractivity contribution in [1.82, 2.24) is 14.5 Å². The fraction of sp³-hybridized carbons (Fsp3) is 0.846. The number of anilines is 1. The third-order valence-electron chi connectivity index (χ3n) is 3.03. The summed E-state index contributed by atoms with van der Waals surface area (Å²) in [6, 6.07) is 0. The van der Waals surface area contributed by atoms with Gasteiger partial charge in [0.05, 0.1) is 11.2 Å². The molecule has 0 aliphatic carbocycles. The summed E-state index contributed by atoms with van der Waals surface area (Å²) in [6.45, 7) is 14.2. The molecule has 0 amide bonds. The molecule has 5 nitrogen and oxygen atoms in total. The molecule has 108 valence electrons. The minimum atomic E-state index is -0.121. The minimum Gasteiger partial charge on any atom is -0.374 e. The van der Waals surface area contributed by atoms with Gasteiger partial charge in [-0.15, -0.1) is 5.10 Å². The second-order valence-electron chi connectivity index (χ2n) is 6.35. The highest BCUT2D eigenvalue weighted by molar-refractivity contribution is 7.10. The second-order valence-corrected chi connectivity index (χ2v) is 7.10. The molecule has 1 aliphatic rings. The number of nitrogens with zero attached hydrogens (tertiary/aromatic N) is 3.